The Morgan fingerprint density at radius 2 is 2.07 bits per heavy atom. The van der Waals surface area contributed by atoms with Gasteiger partial charge in [-0.3, -0.25) is 0 Å². The Kier molecular flexibility index (Phi) is 3.03. The van der Waals surface area contributed by atoms with Crippen molar-refractivity contribution in [1.29, 1.82) is 0 Å². The molecule has 0 aliphatic carbocycles. The number of aliphatic hydroxyl groups excluding tert-OH is 1. The summed E-state index contributed by atoms with van der Waals surface area (Å²) in [5.74, 6) is -0.205. The second-order valence-corrected chi connectivity index (χ2v) is 4.19. The minimum absolute atomic E-state index is 0.00243. The molecule has 0 bridgehead atoms. The Balaban J connectivity index is 2.28. The van der Waals surface area contributed by atoms with E-state index in [9.17, 15) is 4.39 Å². The average molecular weight is 209 g/mol. The van der Waals surface area contributed by atoms with Gasteiger partial charge in [-0.2, -0.15) is 0 Å². The van der Waals surface area contributed by atoms with E-state index in [1.54, 1.807) is 0 Å². The number of hydrogen-bond donors (Lipinski definition) is 2. The van der Waals surface area contributed by atoms with Crippen LogP contribution in [0.2, 0.25) is 0 Å². The van der Waals surface area contributed by atoms with E-state index < -0.39 is 0 Å². The maximum atomic E-state index is 12.8. The van der Waals surface area contributed by atoms with E-state index in [4.69, 9.17) is 5.11 Å². The smallest absolute Gasteiger partial charge is 0.123 e. The third-order valence-electron chi connectivity index (χ3n) is 3.29. The summed E-state index contributed by atoms with van der Waals surface area (Å²) in [7, 11) is 0. The summed E-state index contributed by atoms with van der Waals surface area (Å²) in [6.07, 6.45) is 1.75. The van der Waals surface area contributed by atoms with E-state index in [2.05, 4.69) is 5.32 Å². The average Bonchev–Trinajstić information content (AvgIpc) is 2.69. The van der Waals surface area contributed by atoms with Gasteiger partial charge in [0, 0.05) is 18.6 Å². The molecule has 3 heteroatoms. The molecule has 1 unspecified atom stereocenters. The van der Waals surface area contributed by atoms with Crippen LogP contribution in [0.3, 0.4) is 0 Å². The molecule has 1 aromatic carbocycles. The van der Waals surface area contributed by atoms with Crippen LogP contribution in [0, 0.1) is 5.82 Å². The minimum Gasteiger partial charge on any atom is -0.396 e. The molecule has 2 rings (SSSR count). The zero-order valence-corrected chi connectivity index (χ0v) is 8.67. The monoisotopic (exact) mass is 209 g/mol. The van der Waals surface area contributed by atoms with Gasteiger partial charge in [-0.15, -0.1) is 0 Å². The highest BCUT2D eigenvalue weighted by Gasteiger charge is 2.34. The summed E-state index contributed by atoms with van der Waals surface area (Å²) in [5.41, 5.74) is 1.13. The van der Waals surface area contributed by atoms with Crippen LogP contribution in [0.25, 0.3) is 0 Å². The van der Waals surface area contributed by atoms with Gasteiger partial charge < -0.3 is 10.4 Å². The molecule has 1 fully saturated rings. The van der Waals surface area contributed by atoms with Gasteiger partial charge >= 0.3 is 0 Å². The van der Waals surface area contributed by atoms with E-state index in [1.807, 2.05) is 12.1 Å². The maximum absolute atomic E-state index is 12.8. The topological polar surface area (TPSA) is 32.3 Å². The van der Waals surface area contributed by atoms with Gasteiger partial charge in [-0.25, -0.2) is 4.39 Å². The molecule has 0 aromatic heterocycles. The number of benzene rings is 1. The summed E-state index contributed by atoms with van der Waals surface area (Å²) < 4.78 is 12.8. The van der Waals surface area contributed by atoms with E-state index in [-0.39, 0.29) is 17.8 Å². The Morgan fingerprint density at radius 1 is 1.33 bits per heavy atom. The summed E-state index contributed by atoms with van der Waals surface area (Å²) in [4.78, 5) is 0. The van der Waals surface area contributed by atoms with Crippen molar-refractivity contribution in [3.05, 3.63) is 35.6 Å². The lowest BCUT2D eigenvalue weighted by atomic mass is 9.77. The summed E-state index contributed by atoms with van der Waals surface area (Å²) >= 11 is 0. The molecule has 15 heavy (non-hydrogen) atoms. The van der Waals surface area contributed by atoms with E-state index in [0.29, 0.717) is 0 Å². The van der Waals surface area contributed by atoms with Crippen molar-refractivity contribution in [1.82, 2.24) is 5.32 Å². The molecule has 2 N–H and O–H groups in total. The Bertz CT molecular complexity index is 317. The predicted molar refractivity (Wildman–Crippen MR) is 57.3 cm³/mol. The molecule has 1 saturated heterocycles. The lowest BCUT2D eigenvalue weighted by Crippen LogP contribution is -2.30. The van der Waals surface area contributed by atoms with Gasteiger partial charge in [0.15, 0.2) is 0 Å². The van der Waals surface area contributed by atoms with Crippen LogP contribution in [-0.2, 0) is 5.41 Å². The maximum Gasteiger partial charge on any atom is 0.123 e. The molecule has 2 nitrogen and oxygen atoms in total. The van der Waals surface area contributed by atoms with Crippen LogP contribution in [0.15, 0.2) is 24.3 Å². The molecular weight excluding hydrogens is 193 g/mol. The molecule has 0 spiro atoms. The fourth-order valence-electron chi connectivity index (χ4n) is 2.37. The molecule has 0 saturated carbocycles. The first-order valence-electron chi connectivity index (χ1n) is 5.34. The van der Waals surface area contributed by atoms with Crippen molar-refractivity contribution in [2.75, 3.05) is 19.7 Å². The lowest BCUT2D eigenvalue weighted by molar-refractivity contribution is 0.244. The Morgan fingerprint density at radius 3 is 2.60 bits per heavy atom. The number of nitrogens with one attached hydrogen (secondary N) is 1. The van der Waals surface area contributed by atoms with Crippen LogP contribution in [0.1, 0.15) is 18.4 Å². The number of aliphatic hydroxyl groups is 1. The van der Waals surface area contributed by atoms with Crippen LogP contribution in [-0.4, -0.2) is 24.8 Å². The molecule has 1 atom stereocenters. The molecule has 1 aliphatic heterocycles. The summed E-state index contributed by atoms with van der Waals surface area (Å²) in [6.45, 7) is 2.02. The van der Waals surface area contributed by atoms with Gasteiger partial charge in [0.2, 0.25) is 0 Å². The largest absolute Gasteiger partial charge is 0.396 e. The zero-order valence-electron chi connectivity index (χ0n) is 8.67. The van der Waals surface area contributed by atoms with Crippen LogP contribution >= 0.6 is 0 Å². The predicted octanol–water partition coefficient (Wildman–Crippen LogP) is 1.44. The van der Waals surface area contributed by atoms with Crippen molar-refractivity contribution in [3.63, 3.8) is 0 Å². The van der Waals surface area contributed by atoms with Gasteiger partial charge in [0.1, 0.15) is 5.82 Å². The van der Waals surface area contributed by atoms with Crippen LogP contribution < -0.4 is 5.32 Å². The first-order valence-corrected chi connectivity index (χ1v) is 5.34. The number of halogens is 1. The summed E-state index contributed by atoms with van der Waals surface area (Å²) in [6, 6.07) is 6.65. The van der Waals surface area contributed by atoms with Gasteiger partial charge in [0.05, 0.1) is 0 Å². The molecule has 1 aliphatic rings. The molecule has 0 amide bonds. The lowest BCUT2D eigenvalue weighted by Gasteiger charge is -2.28. The quantitative estimate of drug-likeness (QED) is 0.789. The van der Waals surface area contributed by atoms with Crippen molar-refractivity contribution < 1.29 is 9.50 Å². The molecule has 1 aromatic rings. The fourth-order valence-corrected chi connectivity index (χ4v) is 2.37. The van der Waals surface area contributed by atoms with E-state index >= 15 is 0 Å². The van der Waals surface area contributed by atoms with E-state index in [1.165, 1.54) is 12.1 Å². The highest BCUT2D eigenvalue weighted by molar-refractivity contribution is 5.28. The normalized spacial score (nSPS) is 25.7. The first-order chi connectivity index (χ1) is 7.27. The highest BCUT2D eigenvalue weighted by atomic mass is 19.1. The second-order valence-electron chi connectivity index (χ2n) is 4.19. The van der Waals surface area contributed by atoms with Crippen molar-refractivity contribution in [2.45, 2.75) is 18.3 Å². The van der Waals surface area contributed by atoms with Crippen LogP contribution in [0.5, 0.6) is 0 Å². The van der Waals surface area contributed by atoms with Gasteiger partial charge in [-0.05, 0) is 37.1 Å². The molecule has 0 radical (unpaired) electrons. The molecule has 82 valence electrons. The summed E-state index contributed by atoms with van der Waals surface area (Å²) in [5, 5.41) is 12.4. The fraction of sp³-hybridized carbons (Fsp3) is 0.500. The van der Waals surface area contributed by atoms with E-state index in [0.717, 1.165) is 31.5 Å². The second kappa shape index (κ2) is 4.29. The number of hydrogen-bond acceptors (Lipinski definition) is 2. The first kappa shape index (κ1) is 10.6. The Labute approximate surface area is 89.1 Å². The van der Waals surface area contributed by atoms with Crippen LogP contribution in [0.4, 0.5) is 4.39 Å². The minimum atomic E-state index is -0.205. The van der Waals surface area contributed by atoms with Crippen molar-refractivity contribution in [2.24, 2.45) is 0 Å². The highest BCUT2D eigenvalue weighted by Crippen LogP contribution is 2.33. The van der Waals surface area contributed by atoms with Crippen molar-refractivity contribution >= 4 is 0 Å². The molecular formula is C12H16FNO. The zero-order chi connectivity index (χ0) is 10.7. The SMILES string of the molecule is OCCC1(c2ccc(F)cc2)CCNC1. The van der Waals surface area contributed by atoms with Crippen molar-refractivity contribution in [3.8, 4) is 0 Å². The van der Waals surface area contributed by atoms with Gasteiger partial charge in [-0.1, -0.05) is 12.1 Å². The standard InChI is InChI=1S/C12H16FNO/c13-11-3-1-10(2-4-11)12(6-8-15)5-7-14-9-12/h1-4,14-15H,5-9H2. The molecule has 1 heterocycles. The Hall–Kier alpha value is -0.930. The third-order valence-corrected chi connectivity index (χ3v) is 3.29. The third kappa shape index (κ3) is 2.03. The van der Waals surface area contributed by atoms with Gasteiger partial charge in [0.25, 0.3) is 0 Å². The number of rotatable bonds is 3.